The fourth-order valence-corrected chi connectivity index (χ4v) is 3.49. The van der Waals surface area contributed by atoms with Crippen LogP contribution in [-0.2, 0) is 20.3 Å². The summed E-state index contributed by atoms with van der Waals surface area (Å²) in [4.78, 5) is 25.1. The van der Waals surface area contributed by atoms with Gasteiger partial charge in [0.15, 0.2) is 6.10 Å². The molecule has 1 amide bonds. The average Bonchev–Trinajstić information content (AvgIpc) is 2.68. The van der Waals surface area contributed by atoms with E-state index in [0.29, 0.717) is 11.4 Å². The smallest absolute Gasteiger partial charge is 0.340 e. The molecule has 0 aliphatic carbocycles. The van der Waals surface area contributed by atoms with Crippen LogP contribution in [-0.4, -0.2) is 35.0 Å². The van der Waals surface area contributed by atoms with Gasteiger partial charge < -0.3 is 10.1 Å². The van der Waals surface area contributed by atoms with Crippen molar-refractivity contribution in [3.8, 4) is 0 Å². The van der Waals surface area contributed by atoms with Crippen molar-refractivity contribution < 1.29 is 18.5 Å². The van der Waals surface area contributed by atoms with Crippen LogP contribution in [0.5, 0.6) is 0 Å². The predicted molar refractivity (Wildman–Crippen MR) is 106 cm³/mol. The van der Waals surface area contributed by atoms with Gasteiger partial charge in [0, 0.05) is 18.7 Å². The molecule has 0 fully saturated rings. The lowest BCUT2D eigenvalue weighted by Crippen LogP contribution is -2.38. The molecule has 0 radical (unpaired) electrons. The topological polar surface area (TPSA) is 72.5 Å². The highest BCUT2D eigenvalue weighted by Gasteiger charge is 2.22. The Kier molecular flexibility index (Phi) is 7.73. The molecule has 0 saturated carbocycles. The van der Waals surface area contributed by atoms with Crippen LogP contribution in [0.15, 0.2) is 59.5 Å². The van der Waals surface area contributed by atoms with E-state index in [0.717, 1.165) is 12.0 Å². The summed E-state index contributed by atoms with van der Waals surface area (Å²) in [5, 5.41) is 2.85. The molecule has 0 unspecified atom stereocenters. The van der Waals surface area contributed by atoms with Crippen LogP contribution in [0.25, 0.3) is 0 Å². The number of hydrogen-bond acceptors (Lipinski definition) is 4. The van der Waals surface area contributed by atoms with Gasteiger partial charge in [0.05, 0.1) is 21.3 Å². The van der Waals surface area contributed by atoms with Crippen molar-refractivity contribution in [3.05, 3.63) is 65.7 Å². The SMILES string of the molecule is CC[C@H](CNC(=O)[C@H](C)OC(=O)c1ccccc1[S@@](C)=O)c1ccccc1. The van der Waals surface area contributed by atoms with E-state index in [1.165, 1.54) is 13.2 Å². The van der Waals surface area contributed by atoms with Gasteiger partial charge in [-0.2, -0.15) is 0 Å². The number of carbonyl (C=O) groups is 2. The zero-order chi connectivity index (χ0) is 19.8. The molecule has 2 aromatic carbocycles. The number of amides is 1. The van der Waals surface area contributed by atoms with Crippen molar-refractivity contribution >= 4 is 22.7 Å². The Hall–Kier alpha value is -2.47. The highest BCUT2D eigenvalue weighted by Crippen LogP contribution is 2.18. The second-order valence-electron chi connectivity index (χ2n) is 6.26. The van der Waals surface area contributed by atoms with E-state index in [-0.39, 0.29) is 17.4 Å². The molecule has 2 aromatic rings. The van der Waals surface area contributed by atoms with Crippen LogP contribution >= 0.6 is 0 Å². The summed E-state index contributed by atoms with van der Waals surface area (Å²) in [6.07, 6.45) is 1.44. The minimum absolute atomic E-state index is 0.196. The molecular formula is C21H25NO4S. The highest BCUT2D eigenvalue weighted by atomic mass is 32.2. The van der Waals surface area contributed by atoms with Gasteiger partial charge in [-0.05, 0) is 31.0 Å². The van der Waals surface area contributed by atoms with Gasteiger partial charge in [0.2, 0.25) is 0 Å². The number of ether oxygens (including phenoxy) is 1. The maximum absolute atomic E-state index is 12.4. The summed E-state index contributed by atoms with van der Waals surface area (Å²) in [5.41, 5.74) is 1.37. The summed E-state index contributed by atoms with van der Waals surface area (Å²) >= 11 is 0. The van der Waals surface area contributed by atoms with E-state index >= 15 is 0 Å². The number of esters is 1. The van der Waals surface area contributed by atoms with Crippen molar-refractivity contribution in [2.45, 2.75) is 37.2 Å². The van der Waals surface area contributed by atoms with Crippen molar-refractivity contribution in [2.24, 2.45) is 0 Å². The molecule has 144 valence electrons. The first-order valence-electron chi connectivity index (χ1n) is 8.90. The molecule has 1 N–H and O–H groups in total. The second kappa shape index (κ2) is 10.0. The molecular weight excluding hydrogens is 362 g/mol. The third kappa shape index (κ3) is 5.76. The van der Waals surface area contributed by atoms with E-state index in [4.69, 9.17) is 4.74 Å². The van der Waals surface area contributed by atoms with Crippen LogP contribution in [0, 0.1) is 0 Å². The molecule has 2 rings (SSSR count). The third-order valence-electron chi connectivity index (χ3n) is 4.36. The van der Waals surface area contributed by atoms with Crippen molar-refractivity contribution in [1.82, 2.24) is 5.32 Å². The van der Waals surface area contributed by atoms with Crippen molar-refractivity contribution in [3.63, 3.8) is 0 Å². The zero-order valence-corrected chi connectivity index (χ0v) is 16.6. The Morgan fingerprint density at radius 2 is 1.70 bits per heavy atom. The molecule has 0 aliphatic rings. The number of carbonyl (C=O) groups excluding carboxylic acids is 2. The maximum atomic E-state index is 12.4. The highest BCUT2D eigenvalue weighted by molar-refractivity contribution is 7.84. The molecule has 0 spiro atoms. The zero-order valence-electron chi connectivity index (χ0n) is 15.8. The monoisotopic (exact) mass is 387 g/mol. The first-order valence-corrected chi connectivity index (χ1v) is 10.5. The van der Waals surface area contributed by atoms with Crippen LogP contribution in [0.4, 0.5) is 0 Å². The van der Waals surface area contributed by atoms with Crippen LogP contribution in [0.2, 0.25) is 0 Å². The van der Waals surface area contributed by atoms with Gasteiger partial charge >= 0.3 is 5.97 Å². The Balaban J connectivity index is 1.95. The summed E-state index contributed by atoms with van der Waals surface area (Å²) in [6, 6.07) is 16.5. The summed E-state index contributed by atoms with van der Waals surface area (Å²) in [5.74, 6) is -0.812. The Bertz CT molecular complexity index is 807. The third-order valence-corrected chi connectivity index (χ3v) is 5.33. The summed E-state index contributed by atoms with van der Waals surface area (Å²) < 4.78 is 17.0. The lowest BCUT2D eigenvalue weighted by Gasteiger charge is -2.19. The lowest BCUT2D eigenvalue weighted by atomic mass is 9.96. The first-order chi connectivity index (χ1) is 12.9. The van der Waals surface area contributed by atoms with Gasteiger partial charge in [0.1, 0.15) is 0 Å². The van der Waals surface area contributed by atoms with Gasteiger partial charge in [-0.25, -0.2) is 4.79 Å². The Morgan fingerprint density at radius 3 is 2.33 bits per heavy atom. The molecule has 6 heteroatoms. The first kappa shape index (κ1) is 20.8. The largest absolute Gasteiger partial charge is 0.449 e. The van der Waals surface area contributed by atoms with E-state index < -0.39 is 22.9 Å². The summed E-state index contributed by atoms with van der Waals surface area (Å²) in [6.45, 7) is 4.06. The van der Waals surface area contributed by atoms with Gasteiger partial charge in [-0.15, -0.1) is 0 Å². The lowest BCUT2D eigenvalue weighted by molar-refractivity contribution is -0.129. The van der Waals surface area contributed by atoms with Crippen LogP contribution < -0.4 is 5.32 Å². The van der Waals surface area contributed by atoms with Crippen LogP contribution in [0.1, 0.15) is 42.1 Å². The molecule has 27 heavy (non-hydrogen) atoms. The normalized spacial score (nSPS) is 14.0. The van der Waals surface area contributed by atoms with Crippen LogP contribution in [0.3, 0.4) is 0 Å². The molecule has 0 saturated heterocycles. The number of benzene rings is 2. The molecule has 5 nitrogen and oxygen atoms in total. The quantitative estimate of drug-likeness (QED) is 0.706. The van der Waals surface area contributed by atoms with E-state index in [9.17, 15) is 13.8 Å². The fraction of sp³-hybridized carbons (Fsp3) is 0.333. The molecule has 0 heterocycles. The number of rotatable bonds is 8. The molecule has 0 bridgehead atoms. The van der Waals surface area contributed by atoms with Gasteiger partial charge in [-0.1, -0.05) is 49.4 Å². The van der Waals surface area contributed by atoms with E-state index in [1.807, 2.05) is 30.3 Å². The Morgan fingerprint density at radius 1 is 1.07 bits per heavy atom. The standard InChI is InChI=1S/C21H25NO4S/c1-4-16(17-10-6-5-7-11-17)14-22-20(23)15(2)26-21(24)18-12-8-9-13-19(18)27(3)25/h5-13,15-16H,4,14H2,1-3H3,(H,22,23)/t15-,16+,27+/m0/s1. The molecule has 3 atom stereocenters. The average molecular weight is 388 g/mol. The molecule has 0 aliphatic heterocycles. The fourth-order valence-electron chi connectivity index (χ4n) is 2.75. The van der Waals surface area contributed by atoms with Gasteiger partial charge in [0.25, 0.3) is 5.91 Å². The van der Waals surface area contributed by atoms with Crippen molar-refractivity contribution in [2.75, 3.05) is 12.8 Å². The minimum atomic E-state index is -1.32. The molecule has 0 aromatic heterocycles. The summed E-state index contributed by atoms with van der Waals surface area (Å²) in [7, 11) is -1.32. The predicted octanol–water partition coefficient (Wildman–Crippen LogP) is 3.28. The number of hydrogen-bond donors (Lipinski definition) is 1. The van der Waals surface area contributed by atoms with E-state index in [1.54, 1.807) is 24.3 Å². The van der Waals surface area contributed by atoms with E-state index in [2.05, 4.69) is 12.2 Å². The Labute approximate surface area is 162 Å². The van der Waals surface area contributed by atoms with Crippen molar-refractivity contribution in [1.29, 1.82) is 0 Å². The second-order valence-corrected chi connectivity index (χ2v) is 7.61. The minimum Gasteiger partial charge on any atom is -0.449 e. The number of nitrogens with one attached hydrogen (secondary N) is 1. The maximum Gasteiger partial charge on any atom is 0.340 e. The van der Waals surface area contributed by atoms with Gasteiger partial charge in [-0.3, -0.25) is 9.00 Å².